The number of nitrogens with zero attached hydrogens (tertiary/aromatic N) is 2. The number of carbonyl (C=O) groups is 1. The van der Waals surface area contributed by atoms with E-state index in [2.05, 4.69) is 17.3 Å². The molecule has 0 spiro atoms. The van der Waals surface area contributed by atoms with Gasteiger partial charge >= 0.3 is 0 Å². The minimum absolute atomic E-state index is 0.0931. The largest absolute Gasteiger partial charge is 0.288 e. The van der Waals surface area contributed by atoms with Gasteiger partial charge in [-0.25, -0.2) is 8.96 Å². The number of benzene rings is 2. The van der Waals surface area contributed by atoms with Crippen LogP contribution in [0.4, 0.5) is 0 Å². The van der Waals surface area contributed by atoms with E-state index in [1.54, 1.807) is 25.1 Å². The molecule has 4 aromatic rings. The molecular formula is C25H20N2O3S. The van der Waals surface area contributed by atoms with Crippen LogP contribution in [0.5, 0.6) is 0 Å². The van der Waals surface area contributed by atoms with Crippen molar-refractivity contribution in [2.45, 2.75) is 18.9 Å². The van der Waals surface area contributed by atoms with Crippen molar-refractivity contribution in [3.05, 3.63) is 102 Å². The highest BCUT2D eigenvalue weighted by molar-refractivity contribution is 7.90. The molecule has 0 saturated heterocycles. The first-order chi connectivity index (χ1) is 14.8. The van der Waals surface area contributed by atoms with Crippen LogP contribution in [0.3, 0.4) is 0 Å². The number of carbonyl (C=O) groups excluding carboxylic acids is 1. The van der Waals surface area contributed by atoms with E-state index < -0.39 is 10.0 Å². The van der Waals surface area contributed by atoms with Gasteiger partial charge in [-0.1, -0.05) is 48.5 Å². The number of fused-ring (bicyclic) bond motifs is 1. The SMILES string of the molecule is C=C=C(C)C(=O)c1cn(S(=O)(=O)c2ccccn2)c2ccc(-c3ccc(C)cc3)cc12. The summed E-state index contributed by atoms with van der Waals surface area (Å²) >= 11 is 0. The monoisotopic (exact) mass is 428 g/mol. The average molecular weight is 429 g/mol. The molecule has 154 valence electrons. The second-order valence-corrected chi connectivity index (χ2v) is 9.00. The quantitative estimate of drug-likeness (QED) is 0.250. The van der Waals surface area contributed by atoms with Crippen molar-refractivity contribution in [1.29, 1.82) is 0 Å². The summed E-state index contributed by atoms with van der Waals surface area (Å²) in [5.41, 5.74) is 6.60. The van der Waals surface area contributed by atoms with Crippen LogP contribution in [0, 0.1) is 6.92 Å². The third-order valence-corrected chi connectivity index (χ3v) is 6.76. The van der Waals surface area contributed by atoms with Crippen LogP contribution in [0.15, 0.2) is 96.0 Å². The fourth-order valence-corrected chi connectivity index (χ4v) is 4.70. The molecule has 2 heterocycles. The molecule has 2 aromatic heterocycles. The smallest absolute Gasteiger partial charge is 0.285 e. The Hall–Kier alpha value is -3.73. The maximum atomic E-state index is 13.3. The molecule has 5 nitrogen and oxygen atoms in total. The summed E-state index contributed by atoms with van der Waals surface area (Å²) < 4.78 is 27.7. The Morgan fingerprint density at radius 3 is 2.39 bits per heavy atom. The molecule has 0 unspecified atom stereocenters. The maximum Gasteiger partial charge on any atom is 0.285 e. The van der Waals surface area contributed by atoms with Crippen LogP contribution in [0.2, 0.25) is 0 Å². The molecule has 4 rings (SSSR count). The van der Waals surface area contributed by atoms with Gasteiger partial charge in [0.15, 0.2) is 10.8 Å². The van der Waals surface area contributed by atoms with Crippen LogP contribution in [0.1, 0.15) is 22.8 Å². The molecule has 0 bridgehead atoms. The summed E-state index contributed by atoms with van der Waals surface area (Å²) in [6.45, 7) is 7.16. The first kappa shape index (κ1) is 20.5. The van der Waals surface area contributed by atoms with Crippen molar-refractivity contribution in [1.82, 2.24) is 8.96 Å². The molecule has 0 amide bonds. The van der Waals surface area contributed by atoms with Crippen molar-refractivity contribution in [3.63, 3.8) is 0 Å². The highest BCUT2D eigenvalue weighted by Crippen LogP contribution is 2.31. The van der Waals surface area contributed by atoms with Gasteiger partial charge in [-0.05, 0) is 49.2 Å². The van der Waals surface area contributed by atoms with E-state index in [1.165, 1.54) is 18.5 Å². The molecule has 0 aliphatic rings. The molecule has 0 saturated carbocycles. The van der Waals surface area contributed by atoms with E-state index in [0.717, 1.165) is 20.7 Å². The predicted molar refractivity (Wildman–Crippen MR) is 122 cm³/mol. The fourth-order valence-electron chi connectivity index (χ4n) is 3.39. The zero-order chi connectivity index (χ0) is 22.2. The van der Waals surface area contributed by atoms with Crippen LogP contribution >= 0.6 is 0 Å². The van der Waals surface area contributed by atoms with Gasteiger partial charge in [0.25, 0.3) is 10.0 Å². The third-order valence-electron chi connectivity index (χ3n) is 5.17. The molecule has 0 aliphatic heterocycles. The molecular weight excluding hydrogens is 408 g/mol. The van der Waals surface area contributed by atoms with E-state index in [9.17, 15) is 13.2 Å². The maximum absolute atomic E-state index is 13.3. The Balaban J connectivity index is 2.00. The minimum atomic E-state index is -3.99. The van der Waals surface area contributed by atoms with Crippen molar-refractivity contribution in [3.8, 4) is 11.1 Å². The Bertz CT molecular complexity index is 1460. The van der Waals surface area contributed by atoms with E-state index in [-0.39, 0.29) is 16.4 Å². The second-order valence-electron chi connectivity index (χ2n) is 7.24. The standard InChI is InChI=1S/C25H20N2O3S/c1-4-18(3)25(28)22-16-27(31(29,30)24-7-5-6-14-26-24)23-13-12-20(15-21(22)23)19-10-8-17(2)9-11-19/h5-16H,1H2,2-3H3. The number of hydrogen-bond acceptors (Lipinski definition) is 4. The number of allylic oxidation sites excluding steroid dienone is 1. The Labute approximate surface area is 181 Å². The fraction of sp³-hybridized carbons (Fsp3) is 0.0800. The molecule has 0 atom stereocenters. The van der Waals surface area contributed by atoms with Crippen LogP contribution in [0.25, 0.3) is 22.0 Å². The van der Waals surface area contributed by atoms with Gasteiger partial charge < -0.3 is 0 Å². The van der Waals surface area contributed by atoms with E-state index in [1.807, 2.05) is 43.3 Å². The Morgan fingerprint density at radius 2 is 1.74 bits per heavy atom. The van der Waals surface area contributed by atoms with Crippen molar-refractivity contribution >= 4 is 26.7 Å². The molecule has 2 aromatic carbocycles. The first-order valence-electron chi connectivity index (χ1n) is 9.63. The minimum Gasteiger partial charge on any atom is -0.288 e. The van der Waals surface area contributed by atoms with Gasteiger partial charge in [-0.15, -0.1) is 5.73 Å². The topological polar surface area (TPSA) is 69.0 Å². The molecule has 0 fully saturated rings. The third kappa shape index (κ3) is 3.63. The summed E-state index contributed by atoms with van der Waals surface area (Å²) in [6, 6.07) is 18.1. The highest BCUT2D eigenvalue weighted by atomic mass is 32.2. The lowest BCUT2D eigenvalue weighted by Gasteiger charge is -2.07. The summed E-state index contributed by atoms with van der Waals surface area (Å²) in [7, 11) is -3.99. The van der Waals surface area contributed by atoms with E-state index in [0.29, 0.717) is 16.5 Å². The Morgan fingerprint density at radius 1 is 1.03 bits per heavy atom. The zero-order valence-electron chi connectivity index (χ0n) is 17.2. The lowest BCUT2D eigenvalue weighted by atomic mass is 9.99. The van der Waals surface area contributed by atoms with Gasteiger partial charge in [0.1, 0.15) is 0 Å². The molecule has 0 radical (unpaired) electrons. The average Bonchev–Trinajstić information content (AvgIpc) is 3.18. The van der Waals surface area contributed by atoms with Crippen molar-refractivity contribution in [2.75, 3.05) is 0 Å². The number of aromatic nitrogens is 2. The number of rotatable bonds is 5. The van der Waals surface area contributed by atoms with E-state index in [4.69, 9.17) is 0 Å². The molecule has 6 heteroatoms. The number of ketones is 1. The Kier molecular flexibility index (Phi) is 5.19. The molecule has 0 aliphatic carbocycles. The number of aryl methyl sites for hydroxylation is 1. The molecule has 31 heavy (non-hydrogen) atoms. The van der Waals surface area contributed by atoms with Gasteiger partial charge in [0, 0.05) is 28.9 Å². The van der Waals surface area contributed by atoms with E-state index >= 15 is 0 Å². The normalized spacial score (nSPS) is 11.3. The van der Waals surface area contributed by atoms with Crippen LogP contribution in [-0.2, 0) is 10.0 Å². The van der Waals surface area contributed by atoms with Crippen LogP contribution in [-0.4, -0.2) is 23.2 Å². The number of hydrogen-bond donors (Lipinski definition) is 0. The number of pyridine rings is 1. The van der Waals surface area contributed by atoms with Gasteiger partial charge in [0.05, 0.1) is 5.52 Å². The first-order valence-corrected chi connectivity index (χ1v) is 11.1. The van der Waals surface area contributed by atoms with Gasteiger partial charge in [0.2, 0.25) is 0 Å². The predicted octanol–water partition coefficient (Wildman–Crippen LogP) is 5.16. The van der Waals surface area contributed by atoms with Crippen molar-refractivity contribution in [2.24, 2.45) is 0 Å². The second kappa shape index (κ2) is 7.84. The van der Waals surface area contributed by atoms with Gasteiger partial charge in [-0.3, -0.25) is 4.79 Å². The summed E-state index contributed by atoms with van der Waals surface area (Å²) in [5, 5.41) is 0.446. The molecule has 0 N–H and O–H groups in total. The highest BCUT2D eigenvalue weighted by Gasteiger charge is 2.25. The zero-order valence-corrected chi connectivity index (χ0v) is 18.0. The van der Waals surface area contributed by atoms with Crippen LogP contribution < -0.4 is 0 Å². The lowest BCUT2D eigenvalue weighted by molar-refractivity contribution is 0.103. The summed E-state index contributed by atoms with van der Waals surface area (Å²) in [5.74, 6) is -0.323. The summed E-state index contributed by atoms with van der Waals surface area (Å²) in [4.78, 5) is 17.0. The number of Topliss-reactive ketones (excluding diaryl/α,β-unsaturated/α-hetero) is 1. The lowest BCUT2D eigenvalue weighted by Crippen LogP contribution is -2.13. The van der Waals surface area contributed by atoms with Crippen molar-refractivity contribution < 1.29 is 13.2 Å². The van der Waals surface area contributed by atoms with Gasteiger partial charge in [-0.2, -0.15) is 8.42 Å². The summed E-state index contributed by atoms with van der Waals surface area (Å²) in [6.07, 6.45) is 2.78.